The molecule has 0 radical (unpaired) electrons. The van der Waals surface area contributed by atoms with Crippen molar-refractivity contribution in [2.24, 2.45) is 11.1 Å². The van der Waals surface area contributed by atoms with E-state index in [-0.39, 0.29) is 23.4 Å². The molecular formula is C16H22FNO. The minimum atomic E-state index is -0.228. The van der Waals surface area contributed by atoms with Gasteiger partial charge in [0, 0.05) is 17.9 Å². The predicted octanol–water partition coefficient (Wildman–Crippen LogP) is 3.56. The fourth-order valence-corrected chi connectivity index (χ4v) is 3.71. The maximum Gasteiger partial charge on any atom is 0.167 e. The van der Waals surface area contributed by atoms with E-state index in [0.717, 1.165) is 19.3 Å². The summed E-state index contributed by atoms with van der Waals surface area (Å²) >= 11 is 0. The van der Waals surface area contributed by atoms with Crippen LogP contribution in [0.5, 0.6) is 5.75 Å². The van der Waals surface area contributed by atoms with E-state index < -0.39 is 0 Å². The van der Waals surface area contributed by atoms with Gasteiger partial charge in [0.05, 0.1) is 0 Å². The number of ether oxygens (including phenoxy) is 1. The highest BCUT2D eigenvalue weighted by atomic mass is 19.1. The first kappa shape index (κ1) is 12.9. The van der Waals surface area contributed by atoms with Crippen LogP contribution < -0.4 is 10.5 Å². The lowest BCUT2D eigenvalue weighted by molar-refractivity contribution is -0.0911. The van der Waals surface area contributed by atoms with Gasteiger partial charge in [-0.1, -0.05) is 31.4 Å². The van der Waals surface area contributed by atoms with Crippen LogP contribution in [0.4, 0.5) is 4.39 Å². The Morgan fingerprint density at radius 3 is 2.68 bits per heavy atom. The molecule has 3 rings (SSSR count). The highest BCUT2D eigenvalue weighted by molar-refractivity contribution is 5.31. The molecule has 2 saturated carbocycles. The number of benzene rings is 1. The summed E-state index contributed by atoms with van der Waals surface area (Å²) in [6.45, 7) is 1.77. The topological polar surface area (TPSA) is 35.2 Å². The molecule has 2 fully saturated rings. The molecule has 0 bridgehead atoms. The van der Waals surface area contributed by atoms with Gasteiger partial charge >= 0.3 is 0 Å². The van der Waals surface area contributed by atoms with E-state index in [1.165, 1.54) is 19.3 Å². The zero-order valence-electron chi connectivity index (χ0n) is 11.5. The van der Waals surface area contributed by atoms with Crippen molar-refractivity contribution >= 4 is 0 Å². The van der Waals surface area contributed by atoms with E-state index in [0.29, 0.717) is 11.3 Å². The summed E-state index contributed by atoms with van der Waals surface area (Å²) < 4.78 is 20.0. The van der Waals surface area contributed by atoms with Gasteiger partial charge in [-0.25, -0.2) is 4.39 Å². The molecule has 0 amide bonds. The Balaban J connectivity index is 1.78. The highest BCUT2D eigenvalue weighted by Gasteiger charge is 2.55. The Morgan fingerprint density at radius 2 is 2.00 bits per heavy atom. The normalized spacial score (nSPS) is 29.0. The second-order valence-electron chi connectivity index (χ2n) is 6.13. The monoisotopic (exact) mass is 263 g/mol. The average Bonchev–Trinajstić information content (AvgIpc) is 2.44. The van der Waals surface area contributed by atoms with Crippen molar-refractivity contribution in [2.75, 3.05) is 0 Å². The summed E-state index contributed by atoms with van der Waals surface area (Å²) in [5.41, 5.74) is 6.97. The van der Waals surface area contributed by atoms with E-state index in [4.69, 9.17) is 10.5 Å². The molecule has 2 aliphatic rings. The van der Waals surface area contributed by atoms with Gasteiger partial charge < -0.3 is 10.5 Å². The molecule has 0 heterocycles. The van der Waals surface area contributed by atoms with E-state index in [9.17, 15) is 4.39 Å². The highest BCUT2D eigenvalue weighted by Crippen LogP contribution is 2.52. The fraction of sp³-hybridized carbons (Fsp3) is 0.625. The summed E-state index contributed by atoms with van der Waals surface area (Å²) in [6.07, 6.45) is 6.96. The predicted molar refractivity (Wildman–Crippen MR) is 73.7 cm³/mol. The maximum atomic E-state index is 14.0. The van der Waals surface area contributed by atoms with Crippen LogP contribution in [0, 0.1) is 18.2 Å². The number of nitrogens with two attached hydrogens (primary N) is 1. The Bertz CT molecular complexity index is 468. The van der Waals surface area contributed by atoms with Crippen molar-refractivity contribution < 1.29 is 9.13 Å². The van der Waals surface area contributed by atoms with Crippen molar-refractivity contribution in [2.45, 2.75) is 57.6 Å². The quantitative estimate of drug-likeness (QED) is 0.885. The summed E-state index contributed by atoms with van der Waals surface area (Å²) in [4.78, 5) is 0. The standard InChI is InChI=1S/C16H22FNO/c1-11-6-5-7-12(15(11)17)19-14-10-13(18)16(14)8-3-2-4-9-16/h5-7,13-14H,2-4,8-10,18H2,1H3. The third-order valence-electron chi connectivity index (χ3n) is 5.06. The van der Waals surface area contributed by atoms with Crippen LogP contribution >= 0.6 is 0 Å². The number of hydrogen-bond acceptors (Lipinski definition) is 2. The lowest BCUT2D eigenvalue weighted by atomic mass is 9.55. The minimum absolute atomic E-state index is 0.0964. The van der Waals surface area contributed by atoms with Gasteiger partial charge in [-0.3, -0.25) is 0 Å². The molecule has 2 N–H and O–H groups in total. The Kier molecular flexibility index (Phi) is 3.25. The van der Waals surface area contributed by atoms with Gasteiger partial charge in [0.25, 0.3) is 0 Å². The molecule has 2 nitrogen and oxygen atoms in total. The Hall–Kier alpha value is -1.09. The molecule has 3 heteroatoms. The van der Waals surface area contributed by atoms with E-state index in [2.05, 4.69) is 0 Å². The van der Waals surface area contributed by atoms with Crippen molar-refractivity contribution in [1.82, 2.24) is 0 Å². The van der Waals surface area contributed by atoms with Gasteiger partial charge in [-0.15, -0.1) is 0 Å². The van der Waals surface area contributed by atoms with Gasteiger partial charge in [0.15, 0.2) is 11.6 Å². The summed E-state index contributed by atoms with van der Waals surface area (Å²) in [5.74, 6) is 0.163. The second kappa shape index (κ2) is 4.78. The molecule has 2 unspecified atom stereocenters. The lowest BCUT2D eigenvalue weighted by Crippen LogP contribution is -2.64. The zero-order chi connectivity index (χ0) is 13.5. The molecule has 0 aromatic heterocycles. The summed E-state index contributed by atoms with van der Waals surface area (Å²) in [5, 5.41) is 0. The largest absolute Gasteiger partial charge is 0.487 e. The van der Waals surface area contributed by atoms with Crippen LogP contribution in [0.2, 0.25) is 0 Å². The van der Waals surface area contributed by atoms with E-state index >= 15 is 0 Å². The van der Waals surface area contributed by atoms with Crippen LogP contribution in [0.25, 0.3) is 0 Å². The second-order valence-corrected chi connectivity index (χ2v) is 6.13. The first-order valence-corrected chi connectivity index (χ1v) is 7.31. The third kappa shape index (κ3) is 2.04. The molecule has 2 atom stereocenters. The van der Waals surface area contributed by atoms with Crippen molar-refractivity contribution in [1.29, 1.82) is 0 Å². The average molecular weight is 263 g/mol. The fourth-order valence-electron chi connectivity index (χ4n) is 3.71. The molecule has 0 aliphatic heterocycles. The SMILES string of the molecule is Cc1cccc(OC2CC(N)C23CCCCC3)c1F. The third-order valence-corrected chi connectivity index (χ3v) is 5.06. The Labute approximate surface area is 114 Å². The molecule has 19 heavy (non-hydrogen) atoms. The Morgan fingerprint density at radius 1 is 1.26 bits per heavy atom. The van der Waals surface area contributed by atoms with E-state index in [1.54, 1.807) is 19.1 Å². The van der Waals surface area contributed by atoms with Gasteiger partial charge in [0.2, 0.25) is 0 Å². The molecule has 1 aromatic carbocycles. The van der Waals surface area contributed by atoms with Crippen LogP contribution in [-0.4, -0.2) is 12.1 Å². The van der Waals surface area contributed by atoms with Gasteiger partial charge in [0.1, 0.15) is 6.10 Å². The van der Waals surface area contributed by atoms with Crippen LogP contribution in [0.15, 0.2) is 18.2 Å². The van der Waals surface area contributed by atoms with E-state index in [1.807, 2.05) is 6.07 Å². The zero-order valence-corrected chi connectivity index (χ0v) is 11.5. The number of aryl methyl sites for hydroxylation is 1. The number of rotatable bonds is 2. The van der Waals surface area contributed by atoms with Crippen LogP contribution in [0.1, 0.15) is 44.1 Å². The van der Waals surface area contributed by atoms with Crippen molar-refractivity contribution in [3.05, 3.63) is 29.6 Å². The molecule has 0 saturated heterocycles. The number of hydrogen-bond donors (Lipinski definition) is 1. The minimum Gasteiger partial charge on any atom is -0.487 e. The first-order chi connectivity index (χ1) is 9.13. The lowest BCUT2D eigenvalue weighted by Gasteiger charge is -2.56. The van der Waals surface area contributed by atoms with Crippen molar-refractivity contribution in [3.8, 4) is 5.75 Å². The first-order valence-electron chi connectivity index (χ1n) is 7.31. The molecule has 1 aromatic rings. The maximum absolute atomic E-state index is 14.0. The van der Waals surface area contributed by atoms with Crippen LogP contribution in [-0.2, 0) is 0 Å². The summed E-state index contributed by atoms with van der Waals surface area (Å²) in [7, 11) is 0. The molecule has 2 aliphatic carbocycles. The van der Waals surface area contributed by atoms with Gasteiger partial charge in [-0.05, 0) is 31.4 Å². The van der Waals surface area contributed by atoms with Gasteiger partial charge in [-0.2, -0.15) is 0 Å². The molecule has 1 spiro atoms. The molecular weight excluding hydrogens is 241 g/mol. The van der Waals surface area contributed by atoms with Crippen molar-refractivity contribution in [3.63, 3.8) is 0 Å². The van der Waals surface area contributed by atoms with Crippen LogP contribution in [0.3, 0.4) is 0 Å². The summed E-state index contributed by atoms with van der Waals surface area (Å²) in [6, 6.07) is 5.57. The number of halogens is 1. The molecule has 104 valence electrons. The smallest absolute Gasteiger partial charge is 0.167 e.